The minimum Gasteiger partial charge on any atom is -0.349 e. The van der Waals surface area contributed by atoms with E-state index in [0.717, 1.165) is 21.3 Å². The van der Waals surface area contributed by atoms with Crippen LogP contribution in [0.5, 0.6) is 0 Å². The monoisotopic (exact) mass is 398 g/mol. The van der Waals surface area contributed by atoms with Gasteiger partial charge in [-0.1, -0.05) is 31.9 Å². The van der Waals surface area contributed by atoms with Crippen LogP contribution in [-0.4, -0.2) is 4.92 Å². The molecule has 4 nitrogen and oxygen atoms in total. The van der Waals surface area contributed by atoms with Crippen molar-refractivity contribution in [3.8, 4) is 0 Å². The SMILES string of the molecule is Cc1cc(Br)cc(C)c1Nc1ccc(Br)cc1[N+](=O)[O-]. The molecular formula is C14H12Br2N2O2. The van der Waals surface area contributed by atoms with Crippen LogP contribution in [0.2, 0.25) is 0 Å². The minimum atomic E-state index is -0.392. The number of halogens is 2. The first-order valence-corrected chi connectivity index (χ1v) is 7.45. The van der Waals surface area contributed by atoms with E-state index in [0.29, 0.717) is 10.2 Å². The van der Waals surface area contributed by atoms with E-state index in [1.807, 2.05) is 26.0 Å². The highest BCUT2D eigenvalue weighted by molar-refractivity contribution is 9.10. The fraction of sp³-hybridized carbons (Fsp3) is 0.143. The van der Waals surface area contributed by atoms with Crippen molar-refractivity contribution in [3.05, 3.63) is 60.5 Å². The predicted octanol–water partition coefficient (Wildman–Crippen LogP) is 5.48. The van der Waals surface area contributed by atoms with Gasteiger partial charge >= 0.3 is 0 Å². The van der Waals surface area contributed by atoms with Gasteiger partial charge in [-0.3, -0.25) is 10.1 Å². The van der Waals surface area contributed by atoms with Gasteiger partial charge in [-0.2, -0.15) is 0 Å². The van der Waals surface area contributed by atoms with Gasteiger partial charge in [0.25, 0.3) is 5.69 Å². The van der Waals surface area contributed by atoms with Crippen molar-refractivity contribution in [1.82, 2.24) is 0 Å². The van der Waals surface area contributed by atoms with Gasteiger partial charge in [-0.05, 0) is 49.2 Å². The predicted molar refractivity (Wildman–Crippen MR) is 87.7 cm³/mol. The summed E-state index contributed by atoms with van der Waals surface area (Å²) in [6, 6.07) is 8.91. The number of nitro benzene ring substituents is 1. The Balaban J connectivity index is 2.48. The van der Waals surface area contributed by atoms with Gasteiger partial charge in [-0.25, -0.2) is 0 Å². The molecule has 2 aromatic rings. The molecule has 0 saturated carbocycles. The average molecular weight is 400 g/mol. The molecule has 1 N–H and O–H groups in total. The molecule has 0 aliphatic heterocycles. The number of aryl methyl sites for hydroxylation is 2. The molecule has 0 saturated heterocycles. The summed E-state index contributed by atoms with van der Waals surface area (Å²) < 4.78 is 1.67. The zero-order valence-electron chi connectivity index (χ0n) is 10.9. The fourth-order valence-corrected chi connectivity index (χ4v) is 3.04. The van der Waals surface area contributed by atoms with Gasteiger partial charge in [0.1, 0.15) is 5.69 Å². The quantitative estimate of drug-likeness (QED) is 0.549. The highest BCUT2D eigenvalue weighted by Crippen LogP contribution is 2.33. The number of benzene rings is 2. The number of nitrogens with one attached hydrogen (secondary N) is 1. The van der Waals surface area contributed by atoms with Crippen LogP contribution in [0, 0.1) is 24.0 Å². The molecule has 0 spiro atoms. The van der Waals surface area contributed by atoms with Gasteiger partial charge in [0.05, 0.1) is 4.92 Å². The molecule has 0 aromatic heterocycles. The molecule has 0 radical (unpaired) electrons. The van der Waals surface area contributed by atoms with Crippen molar-refractivity contribution in [2.24, 2.45) is 0 Å². The van der Waals surface area contributed by atoms with Gasteiger partial charge < -0.3 is 5.32 Å². The van der Waals surface area contributed by atoms with Gasteiger partial charge in [0.15, 0.2) is 0 Å². The van der Waals surface area contributed by atoms with E-state index in [1.165, 1.54) is 6.07 Å². The lowest BCUT2D eigenvalue weighted by Crippen LogP contribution is -2.00. The van der Waals surface area contributed by atoms with E-state index in [-0.39, 0.29) is 5.69 Å². The van der Waals surface area contributed by atoms with Gasteiger partial charge in [0, 0.05) is 20.7 Å². The average Bonchev–Trinajstić information content (AvgIpc) is 2.34. The number of anilines is 2. The first-order chi connectivity index (χ1) is 9.38. The Labute approximate surface area is 133 Å². The van der Waals surface area contributed by atoms with Gasteiger partial charge in [0.2, 0.25) is 0 Å². The third-order valence-corrected chi connectivity index (χ3v) is 3.86. The first kappa shape index (κ1) is 15.0. The van der Waals surface area contributed by atoms with E-state index < -0.39 is 4.92 Å². The van der Waals surface area contributed by atoms with Gasteiger partial charge in [-0.15, -0.1) is 0 Å². The van der Waals surface area contributed by atoms with Crippen LogP contribution in [-0.2, 0) is 0 Å². The number of hydrogen-bond donors (Lipinski definition) is 1. The second-order valence-corrected chi connectivity index (χ2v) is 6.29. The molecule has 0 fully saturated rings. The van der Waals surface area contributed by atoms with Crippen molar-refractivity contribution in [2.75, 3.05) is 5.32 Å². The molecular weight excluding hydrogens is 388 g/mol. The molecule has 0 heterocycles. The number of nitro groups is 1. The van der Waals surface area contributed by atoms with Crippen LogP contribution in [0.25, 0.3) is 0 Å². The second-order valence-electron chi connectivity index (χ2n) is 4.46. The molecule has 20 heavy (non-hydrogen) atoms. The molecule has 0 amide bonds. The fourth-order valence-electron chi connectivity index (χ4n) is 2.00. The van der Waals surface area contributed by atoms with Crippen LogP contribution in [0.1, 0.15) is 11.1 Å². The lowest BCUT2D eigenvalue weighted by Gasteiger charge is -2.13. The summed E-state index contributed by atoms with van der Waals surface area (Å²) >= 11 is 6.69. The van der Waals surface area contributed by atoms with E-state index >= 15 is 0 Å². The van der Waals surface area contributed by atoms with Crippen LogP contribution >= 0.6 is 31.9 Å². The molecule has 6 heteroatoms. The summed E-state index contributed by atoms with van der Waals surface area (Å²) in [7, 11) is 0. The zero-order valence-corrected chi connectivity index (χ0v) is 14.1. The topological polar surface area (TPSA) is 55.2 Å². The highest BCUT2D eigenvalue weighted by atomic mass is 79.9. The Hall–Kier alpha value is -1.40. The maximum absolute atomic E-state index is 11.1. The van der Waals surface area contributed by atoms with E-state index in [2.05, 4.69) is 37.2 Å². The van der Waals surface area contributed by atoms with E-state index in [1.54, 1.807) is 12.1 Å². The molecule has 0 unspecified atom stereocenters. The van der Waals surface area contributed by atoms with Crippen molar-refractivity contribution in [1.29, 1.82) is 0 Å². The summed E-state index contributed by atoms with van der Waals surface area (Å²) in [5.74, 6) is 0. The Morgan fingerprint density at radius 2 is 1.65 bits per heavy atom. The zero-order chi connectivity index (χ0) is 14.9. The van der Waals surface area contributed by atoms with Crippen molar-refractivity contribution in [2.45, 2.75) is 13.8 Å². The third kappa shape index (κ3) is 3.19. The summed E-state index contributed by atoms with van der Waals surface area (Å²) in [5.41, 5.74) is 3.45. The summed E-state index contributed by atoms with van der Waals surface area (Å²) in [4.78, 5) is 10.7. The molecule has 0 atom stereocenters. The Kier molecular flexibility index (Phi) is 4.45. The maximum atomic E-state index is 11.1. The van der Waals surface area contributed by atoms with Crippen LogP contribution in [0.3, 0.4) is 0 Å². The highest BCUT2D eigenvalue weighted by Gasteiger charge is 2.15. The van der Waals surface area contributed by atoms with E-state index in [4.69, 9.17) is 0 Å². The smallest absolute Gasteiger partial charge is 0.293 e. The lowest BCUT2D eigenvalue weighted by atomic mass is 10.1. The summed E-state index contributed by atoms with van der Waals surface area (Å²) in [5, 5.41) is 14.3. The minimum absolute atomic E-state index is 0.0427. The third-order valence-electron chi connectivity index (χ3n) is 2.91. The lowest BCUT2D eigenvalue weighted by molar-refractivity contribution is -0.384. The molecule has 0 bridgehead atoms. The molecule has 2 aromatic carbocycles. The number of rotatable bonds is 3. The number of nitrogens with zero attached hydrogens (tertiary/aromatic N) is 1. The standard InChI is InChI=1S/C14H12Br2N2O2/c1-8-5-11(16)6-9(2)14(8)17-12-4-3-10(15)7-13(12)18(19)20/h3-7,17H,1-2H3. The largest absolute Gasteiger partial charge is 0.349 e. The molecule has 104 valence electrons. The van der Waals surface area contributed by atoms with Crippen molar-refractivity contribution in [3.63, 3.8) is 0 Å². The van der Waals surface area contributed by atoms with Crippen LogP contribution in [0.4, 0.5) is 17.1 Å². The Morgan fingerprint density at radius 3 is 2.20 bits per heavy atom. The molecule has 0 aliphatic carbocycles. The first-order valence-electron chi connectivity index (χ1n) is 5.86. The normalized spacial score (nSPS) is 10.4. The molecule has 2 rings (SSSR count). The maximum Gasteiger partial charge on any atom is 0.293 e. The Morgan fingerprint density at radius 1 is 1.05 bits per heavy atom. The van der Waals surface area contributed by atoms with E-state index in [9.17, 15) is 10.1 Å². The summed E-state index contributed by atoms with van der Waals surface area (Å²) in [6.07, 6.45) is 0. The number of hydrogen-bond acceptors (Lipinski definition) is 3. The van der Waals surface area contributed by atoms with Crippen molar-refractivity contribution >= 4 is 48.9 Å². The van der Waals surface area contributed by atoms with Crippen LogP contribution < -0.4 is 5.32 Å². The summed E-state index contributed by atoms with van der Waals surface area (Å²) in [6.45, 7) is 3.93. The molecule has 0 aliphatic rings. The second kappa shape index (κ2) is 5.93. The Bertz CT molecular complexity index is 664. The van der Waals surface area contributed by atoms with Crippen LogP contribution in [0.15, 0.2) is 39.3 Å². The van der Waals surface area contributed by atoms with Crippen molar-refractivity contribution < 1.29 is 4.92 Å².